The van der Waals surface area contributed by atoms with E-state index in [0.29, 0.717) is 51.9 Å². The van der Waals surface area contributed by atoms with Crippen LogP contribution in [-0.4, -0.2) is 301 Å². The van der Waals surface area contributed by atoms with Crippen molar-refractivity contribution in [2.24, 2.45) is 0 Å². The first kappa shape index (κ1) is 112. The molecule has 1 fully saturated rings. The molecule has 124 heavy (non-hydrogen) atoms. The number of benzene rings is 1. The minimum Gasteiger partial charge on any atom is -0.481 e. The number of nitrogens with zero attached hydrogens (tertiary/aromatic N) is 4. The van der Waals surface area contributed by atoms with Gasteiger partial charge in [-0.3, -0.25) is 91.5 Å². The highest BCUT2D eigenvalue weighted by molar-refractivity contribution is 14.1. The maximum Gasteiger partial charge on any atom is 0.323 e. The summed E-state index contributed by atoms with van der Waals surface area (Å²) in [5, 5.41) is 27.8. The zero-order valence-corrected chi connectivity index (χ0v) is 79.6. The number of hydrogen-bond donors (Lipinski definition) is 8. The molecule has 8 N–H and O–H groups in total. The molecule has 0 aliphatic carbocycles. The third-order valence-electron chi connectivity index (χ3n) is 17.5. The van der Waals surface area contributed by atoms with Gasteiger partial charge in [0.05, 0.1) is 45.9 Å². The zero-order chi connectivity index (χ0) is 94.0. The van der Waals surface area contributed by atoms with Gasteiger partial charge in [-0.15, -0.1) is 0 Å². The van der Waals surface area contributed by atoms with Crippen molar-refractivity contribution >= 4 is 112 Å². The second kappa shape index (κ2) is 54.7. The van der Waals surface area contributed by atoms with E-state index in [2.05, 4.69) is 59.8 Å². The molecule has 0 spiro atoms. The molecule has 0 aromatic heterocycles. The Hall–Kier alpha value is -8.24. The third kappa shape index (κ3) is 56.7. The SMILES string of the molecule is CC(C)(C)OC(=O)CC[C@@H](NC(=O)COCCOCCNC(=O)[C@H](CCCCNC(=O)CC[C@H](C(=O)OC(C)(C)C)N1CCN(CC(=O)OC(C)(C)C)CCN(CC(=O)OC(C)(C)C)CCN(CC(=O)OC(C)(C)C)CC1)NC(=O)CCCc1ccc(I)cc1)C(=O)N[C@H](CCC(=O)OC(C)(C)C)C(=O)N[C@H](CCC(=O)OC(C)(C)C)C(=O)NCCC(=O)O. The first-order valence-electron chi connectivity index (χ1n) is 42.9. The second-order valence-corrected chi connectivity index (χ2v) is 38.9. The molecule has 1 saturated heterocycles. The molecule has 0 saturated carbocycles. The quantitative estimate of drug-likeness (QED) is 0.0168. The van der Waals surface area contributed by atoms with E-state index in [1.54, 1.807) is 145 Å². The summed E-state index contributed by atoms with van der Waals surface area (Å²) in [5.41, 5.74) is -4.97. The molecule has 0 radical (unpaired) electrons. The molecule has 1 aliphatic heterocycles. The Balaban J connectivity index is 2.32. The highest BCUT2D eigenvalue weighted by Crippen LogP contribution is 2.21. The summed E-state index contributed by atoms with van der Waals surface area (Å²) in [7, 11) is 0. The molecule has 2 rings (SSSR count). The smallest absolute Gasteiger partial charge is 0.323 e. The van der Waals surface area contributed by atoms with Crippen molar-refractivity contribution in [3.05, 3.63) is 33.4 Å². The van der Waals surface area contributed by atoms with E-state index in [1.807, 2.05) is 43.9 Å². The number of carbonyl (C=O) groups excluding carboxylic acids is 14. The van der Waals surface area contributed by atoms with Gasteiger partial charge in [-0.05, 0) is 243 Å². The van der Waals surface area contributed by atoms with E-state index in [1.165, 1.54) is 0 Å². The van der Waals surface area contributed by atoms with Crippen LogP contribution < -0.4 is 37.2 Å². The number of carbonyl (C=O) groups is 15. The van der Waals surface area contributed by atoms with Crippen LogP contribution in [0, 0.1) is 3.57 Å². The van der Waals surface area contributed by atoms with Crippen molar-refractivity contribution < 1.29 is 120 Å². The van der Waals surface area contributed by atoms with E-state index < -0.39 is 179 Å². The van der Waals surface area contributed by atoms with E-state index in [0.717, 1.165) is 9.13 Å². The minimum absolute atomic E-state index is 0.0149. The standard InChI is InChI=1S/C87H146IN11O25/c1-81(2,3)118-70(105)37-32-62(77(112)90-42-40-69(103)104)94-79(114)64(34-39-72(107)120-83(7,8)9)95-78(113)63(33-38-71(106)119-82(4,5)6)93-68(102)58-117-54-53-116-52-43-91-76(111)61(92-67(101)27-24-25-59-28-30-60(88)31-29-59)26-22-23-41-89-66(100)36-35-65(80(115)124-87(19,20)21)99-50-48-97(56-74(109)122-85(13,14)15)46-44-96(55-73(108)121-84(10,11)12)45-47-98(49-51-99)57-75(110)123-86(16,17)18/h28-31,61-65H,22-27,32-58H2,1-21H3,(H,89,100)(H,90,112)(H,91,111)(H,92,101)(H,93,102)(H,94,114)(H,95,113)(H,103,104)/t61-,62+,63+,64+,65+/m0/s1. The van der Waals surface area contributed by atoms with Gasteiger partial charge >= 0.3 is 47.8 Å². The van der Waals surface area contributed by atoms with Crippen LogP contribution in [0.15, 0.2) is 24.3 Å². The van der Waals surface area contributed by atoms with Crippen molar-refractivity contribution in [3.63, 3.8) is 0 Å². The van der Waals surface area contributed by atoms with Crippen molar-refractivity contribution in [1.82, 2.24) is 56.8 Å². The van der Waals surface area contributed by atoms with Crippen LogP contribution in [-0.2, 0) is 121 Å². The summed E-state index contributed by atoms with van der Waals surface area (Å²) in [4.78, 5) is 210. The van der Waals surface area contributed by atoms with Gasteiger partial charge in [0.15, 0.2) is 0 Å². The normalized spacial score (nSPS) is 15.2. The Kier molecular flexibility index (Phi) is 49.3. The number of unbranched alkanes of at least 4 members (excludes halogenated alkanes) is 1. The monoisotopic (exact) mass is 1870 g/mol. The average molecular weight is 1870 g/mol. The second-order valence-electron chi connectivity index (χ2n) is 37.7. The van der Waals surface area contributed by atoms with Gasteiger partial charge in [0.1, 0.15) is 76.0 Å². The number of hydrogen-bond acceptors (Lipinski definition) is 28. The summed E-state index contributed by atoms with van der Waals surface area (Å²) in [6, 6.07) is 1.32. The number of aryl methyl sites for hydroxylation is 1. The van der Waals surface area contributed by atoms with Crippen LogP contribution in [0.2, 0.25) is 0 Å². The Labute approximate surface area is 746 Å². The first-order chi connectivity index (χ1) is 57.3. The topological polar surface area (TPSA) is 457 Å². The predicted molar refractivity (Wildman–Crippen MR) is 469 cm³/mol. The molecule has 7 amide bonds. The van der Waals surface area contributed by atoms with Gasteiger partial charge < -0.3 is 85.0 Å². The zero-order valence-electron chi connectivity index (χ0n) is 77.4. The summed E-state index contributed by atoms with van der Waals surface area (Å²) >= 11 is 2.21. The number of nitrogens with one attached hydrogen (secondary N) is 7. The lowest BCUT2D eigenvalue weighted by Crippen LogP contribution is -2.57. The molecule has 36 nitrogen and oxygen atoms in total. The average Bonchev–Trinajstić information content (AvgIpc) is 0.895. The number of rotatable bonds is 48. The molecular formula is C87H146IN11O25. The minimum atomic E-state index is -1.61. The number of carboxylic acids is 1. The summed E-state index contributed by atoms with van der Waals surface area (Å²) in [6.45, 7) is 36.6. The maximum absolute atomic E-state index is 14.5. The predicted octanol–water partition coefficient (Wildman–Crippen LogP) is 5.68. The number of amides is 7. The number of halogens is 1. The highest BCUT2D eigenvalue weighted by Gasteiger charge is 2.37. The molecule has 37 heteroatoms. The van der Waals surface area contributed by atoms with Gasteiger partial charge in [-0.1, -0.05) is 12.1 Å². The van der Waals surface area contributed by atoms with E-state index in [-0.39, 0.29) is 142 Å². The number of carboxylic acid groups (broad SMARTS) is 1. The molecule has 1 aromatic rings. The first-order valence-corrected chi connectivity index (χ1v) is 44.0. The Morgan fingerprint density at radius 1 is 0.355 bits per heavy atom. The summed E-state index contributed by atoms with van der Waals surface area (Å²) in [6.07, 6.45) is -0.694. The van der Waals surface area contributed by atoms with Crippen LogP contribution in [0.1, 0.15) is 241 Å². The Morgan fingerprint density at radius 3 is 1.15 bits per heavy atom. The van der Waals surface area contributed by atoms with Crippen LogP contribution in [0.3, 0.4) is 0 Å². The fraction of sp³-hybridized carbons (Fsp3) is 0.759. The van der Waals surface area contributed by atoms with Gasteiger partial charge in [0.2, 0.25) is 41.4 Å². The third-order valence-corrected chi connectivity index (χ3v) is 18.2. The molecule has 1 heterocycles. The van der Waals surface area contributed by atoms with Gasteiger partial charge in [0.25, 0.3) is 0 Å². The van der Waals surface area contributed by atoms with E-state index in [9.17, 15) is 77.0 Å². The lowest BCUT2D eigenvalue weighted by Gasteiger charge is -2.37. The molecule has 5 atom stereocenters. The Bertz CT molecular complexity index is 3550. The molecule has 1 aromatic carbocycles. The molecule has 0 bridgehead atoms. The fourth-order valence-electron chi connectivity index (χ4n) is 12.2. The van der Waals surface area contributed by atoms with Gasteiger partial charge in [0, 0.05) is 108 Å². The lowest BCUT2D eigenvalue weighted by atomic mass is 10.1. The molecular weight excluding hydrogens is 1730 g/mol. The number of aliphatic carboxylic acids is 1. The van der Waals surface area contributed by atoms with Crippen LogP contribution in [0.4, 0.5) is 0 Å². The highest BCUT2D eigenvalue weighted by atomic mass is 127. The van der Waals surface area contributed by atoms with E-state index in [4.69, 9.17) is 42.6 Å². The van der Waals surface area contributed by atoms with Crippen molar-refractivity contribution in [3.8, 4) is 0 Å². The fourth-order valence-corrected chi connectivity index (χ4v) is 12.6. The van der Waals surface area contributed by atoms with Crippen LogP contribution >= 0.6 is 22.6 Å². The molecule has 0 unspecified atom stereocenters. The van der Waals surface area contributed by atoms with Gasteiger partial charge in [-0.25, -0.2) is 0 Å². The molecule has 1 aliphatic rings. The van der Waals surface area contributed by atoms with Crippen molar-refractivity contribution in [2.45, 2.75) is 311 Å². The maximum atomic E-state index is 14.5. The number of ether oxygens (including phenoxy) is 9. The van der Waals surface area contributed by atoms with Crippen LogP contribution in [0.5, 0.6) is 0 Å². The van der Waals surface area contributed by atoms with Gasteiger partial charge in [-0.2, -0.15) is 0 Å². The van der Waals surface area contributed by atoms with E-state index >= 15 is 0 Å². The van der Waals surface area contributed by atoms with Crippen molar-refractivity contribution in [2.75, 3.05) is 118 Å². The van der Waals surface area contributed by atoms with Crippen LogP contribution in [0.25, 0.3) is 0 Å². The lowest BCUT2D eigenvalue weighted by molar-refractivity contribution is -0.163. The Morgan fingerprint density at radius 2 is 0.726 bits per heavy atom. The summed E-state index contributed by atoms with van der Waals surface area (Å²) in [5.74, 6) is -10.3. The number of esters is 7. The van der Waals surface area contributed by atoms with Crippen molar-refractivity contribution in [1.29, 1.82) is 0 Å². The largest absolute Gasteiger partial charge is 0.481 e. The molecule has 706 valence electrons. The summed E-state index contributed by atoms with van der Waals surface area (Å²) < 4.78 is 51.9.